The molecule has 1 aliphatic rings. The maximum atomic E-state index is 11.6. The van der Waals surface area contributed by atoms with Gasteiger partial charge in [0, 0.05) is 39.1 Å². The van der Waals surface area contributed by atoms with Crippen LogP contribution in [0.1, 0.15) is 24.5 Å². The van der Waals surface area contributed by atoms with E-state index in [-0.39, 0.29) is 5.91 Å². The molecule has 0 bridgehead atoms. The minimum absolute atomic E-state index is 0.283. The number of carbonyl (C=O) groups excluding carboxylic acids is 1. The van der Waals surface area contributed by atoms with Crippen molar-refractivity contribution in [3.05, 3.63) is 35.4 Å². The van der Waals surface area contributed by atoms with E-state index < -0.39 is 0 Å². The summed E-state index contributed by atoms with van der Waals surface area (Å²) in [6, 6.07) is 8.53. The molecule has 1 aromatic carbocycles. The molecular formula is C15H22N2O. The second-order valence-electron chi connectivity index (χ2n) is 4.94. The predicted molar refractivity (Wildman–Crippen MR) is 73.3 cm³/mol. The molecule has 2 rings (SSSR count). The van der Waals surface area contributed by atoms with E-state index in [2.05, 4.69) is 36.1 Å². The molecule has 0 N–H and O–H groups in total. The van der Waals surface area contributed by atoms with Crippen molar-refractivity contribution in [3.8, 4) is 0 Å². The summed E-state index contributed by atoms with van der Waals surface area (Å²) in [5, 5.41) is 0. The fourth-order valence-electron chi connectivity index (χ4n) is 2.41. The lowest BCUT2D eigenvalue weighted by Crippen LogP contribution is -2.48. The lowest BCUT2D eigenvalue weighted by molar-refractivity contribution is -0.132. The van der Waals surface area contributed by atoms with Gasteiger partial charge in [-0.1, -0.05) is 31.2 Å². The van der Waals surface area contributed by atoms with Crippen LogP contribution in [0.15, 0.2) is 24.3 Å². The molecule has 1 saturated heterocycles. The normalized spacial score (nSPS) is 16.9. The Balaban J connectivity index is 1.87. The zero-order valence-corrected chi connectivity index (χ0v) is 11.4. The van der Waals surface area contributed by atoms with Crippen LogP contribution in [-0.2, 0) is 11.3 Å². The second-order valence-corrected chi connectivity index (χ2v) is 4.94. The highest BCUT2D eigenvalue weighted by atomic mass is 16.2. The first-order valence-corrected chi connectivity index (χ1v) is 6.75. The zero-order chi connectivity index (χ0) is 13.0. The molecule has 3 heteroatoms. The molecule has 0 radical (unpaired) electrons. The first-order valence-electron chi connectivity index (χ1n) is 6.75. The SMILES string of the molecule is CCC(=O)N1CCN(Cc2ccccc2C)CC1. The van der Waals surface area contributed by atoms with Crippen LogP contribution >= 0.6 is 0 Å². The molecule has 0 unspecified atom stereocenters. The third-order valence-electron chi connectivity index (χ3n) is 3.68. The number of hydrogen-bond acceptors (Lipinski definition) is 2. The number of piperazine rings is 1. The summed E-state index contributed by atoms with van der Waals surface area (Å²) in [6.07, 6.45) is 0.623. The van der Waals surface area contributed by atoms with Gasteiger partial charge in [0.2, 0.25) is 5.91 Å². The summed E-state index contributed by atoms with van der Waals surface area (Å²) >= 11 is 0. The van der Waals surface area contributed by atoms with Crippen molar-refractivity contribution in [2.45, 2.75) is 26.8 Å². The average Bonchev–Trinajstić information content (AvgIpc) is 2.41. The van der Waals surface area contributed by atoms with Crippen LogP contribution in [0.2, 0.25) is 0 Å². The van der Waals surface area contributed by atoms with Crippen LogP contribution in [0.4, 0.5) is 0 Å². The van der Waals surface area contributed by atoms with Crippen LogP contribution in [-0.4, -0.2) is 41.9 Å². The van der Waals surface area contributed by atoms with E-state index >= 15 is 0 Å². The maximum Gasteiger partial charge on any atom is 0.222 e. The van der Waals surface area contributed by atoms with Gasteiger partial charge >= 0.3 is 0 Å². The van der Waals surface area contributed by atoms with E-state index in [0.29, 0.717) is 6.42 Å². The number of carbonyl (C=O) groups is 1. The van der Waals surface area contributed by atoms with Gasteiger partial charge in [0.25, 0.3) is 0 Å². The highest BCUT2D eigenvalue weighted by Crippen LogP contribution is 2.12. The molecule has 1 fully saturated rings. The van der Waals surface area contributed by atoms with Crippen LogP contribution in [0.25, 0.3) is 0 Å². The van der Waals surface area contributed by atoms with E-state index in [1.165, 1.54) is 11.1 Å². The van der Waals surface area contributed by atoms with Gasteiger partial charge in [-0.2, -0.15) is 0 Å². The van der Waals surface area contributed by atoms with Crippen LogP contribution in [0.3, 0.4) is 0 Å². The zero-order valence-electron chi connectivity index (χ0n) is 11.4. The molecule has 0 aliphatic carbocycles. The number of nitrogens with zero attached hydrogens (tertiary/aromatic N) is 2. The summed E-state index contributed by atoms with van der Waals surface area (Å²) in [5.74, 6) is 0.283. The molecule has 0 atom stereocenters. The highest BCUT2D eigenvalue weighted by Gasteiger charge is 2.19. The van der Waals surface area contributed by atoms with Crippen LogP contribution in [0.5, 0.6) is 0 Å². The molecule has 1 aromatic rings. The van der Waals surface area contributed by atoms with Crippen molar-refractivity contribution in [2.75, 3.05) is 26.2 Å². The Morgan fingerprint density at radius 2 is 1.83 bits per heavy atom. The fourth-order valence-corrected chi connectivity index (χ4v) is 2.41. The summed E-state index contributed by atoms with van der Waals surface area (Å²) in [6.45, 7) is 8.81. The third kappa shape index (κ3) is 3.10. The molecule has 0 saturated carbocycles. The molecule has 0 spiro atoms. The lowest BCUT2D eigenvalue weighted by atomic mass is 10.1. The van der Waals surface area contributed by atoms with Gasteiger partial charge in [-0.3, -0.25) is 9.69 Å². The number of benzene rings is 1. The molecule has 3 nitrogen and oxygen atoms in total. The van der Waals surface area contributed by atoms with Gasteiger partial charge in [0.15, 0.2) is 0 Å². The maximum absolute atomic E-state index is 11.6. The van der Waals surface area contributed by atoms with E-state index in [0.717, 1.165) is 32.7 Å². The highest BCUT2D eigenvalue weighted by molar-refractivity contribution is 5.75. The molecule has 1 amide bonds. The Morgan fingerprint density at radius 1 is 1.17 bits per heavy atom. The van der Waals surface area contributed by atoms with Crippen molar-refractivity contribution in [1.82, 2.24) is 9.80 Å². The topological polar surface area (TPSA) is 23.6 Å². The number of amides is 1. The lowest BCUT2D eigenvalue weighted by Gasteiger charge is -2.34. The van der Waals surface area contributed by atoms with Gasteiger partial charge in [-0.15, -0.1) is 0 Å². The molecule has 98 valence electrons. The van der Waals surface area contributed by atoms with Gasteiger partial charge in [0.1, 0.15) is 0 Å². The molecule has 0 aromatic heterocycles. The van der Waals surface area contributed by atoms with Crippen LogP contribution < -0.4 is 0 Å². The van der Waals surface area contributed by atoms with E-state index in [1.54, 1.807) is 0 Å². The van der Waals surface area contributed by atoms with Gasteiger partial charge in [0.05, 0.1) is 0 Å². The molecule has 1 aliphatic heterocycles. The third-order valence-corrected chi connectivity index (χ3v) is 3.68. The monoisotopic (exact) mass is 246 g/mol. The minimum Gasteiger partial charge on any atom is -0.340 e. The Kier molecular flexibility index (Phi) is 4.37. The van der Waals surface area contributed by atoms with Gasteiger partial charge in [-0.25, -0.2) is 0 Å². The van der Waals surface area contributed by atoms with Crippen LogP contribution in [0, 0.1) is 6.92 Å². The van der Waals surface area contributed by atoms with Gasteiger partial charge in [-0.05, 0) is 18.1 Å². The molecular weight excluding hydrogens is 224 g/mol. The predicted octanol–water partition coefficient (Wildman–Crippen LogP) is 2.05. The van der Waals surface area contributed by atoms with Crippen molar-refractivity contribution in [2.24, 2.45) is 0 Å². The van der Waals surface area contributed by atoms with E-state index in [9.17, 15) is 4.79 Å². The molecule has 1 heterocycles. The fraction of sp³-hybridized carbons (Fsp3) is 0.533. The van der Waals surface area contributed by atoms with E-state index in [1.807, 2.05) is 11.8 Å². The Morgan fingerprint density at radius 3 is 2.44 bits per heavy atom. The first kappa shape index (κ1) is 13.1. The first-order chi connectivity index (χ1) is 8.70. The Bertz CT molecular complexity index is 409. The standard InChI is InChI=1S/C15H22N2O/c1-3-15(18)17-10-8-16(9-11-17)12-14-7-5-4-6-13(14)2/h4-7H,3,8-12H2,1-2H3. The average molecular weight is 246 g/mol. The minimum atomic E-state index is 0.283. The summed E-state index contributed by atoms with van der Waals surface area (Å²) < 4.78 is 0. The van der Waals surface area contributed by atoms with Crippen molar-refractivity contribution < 1.29 is 4.79 Å². The largest absolute Gasteiger partial charge is 0.340 e. The number of rotatable bonds is 3. The quantitative estimate of drug-likeness (QED) is 0.815. The number of hydrogen-bond donors (Lipinski definition) is 0. The van der Waals surface area contributed by atoms with Crippen molar-refractivity contribution in [3.63, 3.8) is 0 Å². The summed E-state index contributed by atoms with van der Waals surface area (Å²) in [7, 11) is 0. The number of aryl methyl sites for hydroxylation is 1. The second kappa shape index (κ2) is 6.01. The van der Waals surface area contributed by atoms with E-state index in [4.69, 9.17) is 0 Å². The smallest absolute Gasteiger partial charge is 0.222 e. The molecule has 18 heavy (non-hydrogen) atoms. The summed E-state index contributed by atoms with van der Waals surface area (Å²) in [5.41, 5.74) is 2.75. The van der Waals surface area contributed by atoms with Crippen molar-refractivity contribution in [1.29, 1.82) is 0 Å². The Hall–Kier alpha value is -1.35. The summed E-state index contributed by atoms with van der Waals surface area (Å²) in [4.78, 5) is 16.0. The van der Waals surface area contributed by atoms with Crippen molar-refractivity contribution >= 4 is 5.91 Å². The Labute approximate surface area is 109 Å². The van der Waals surface area contributed by atoms with Gasteiger partial charge < -0.3 is 4.90 Å².